The number of benzene rings is 2. The fourth-order valence-corrected chi connectivity index (χ4v) is 3.82. The molecular weight excluding hydrogens is 380 g/mol. The summed E-state index contributed by atoms with van der Waals surface area (Å²) < 4.78 is 16.1. The van der Waals surface area contributed by atoms with E-state index in [9.17, 15) is 4.79 Å². The first-order chi connectivity index (χ1) is 13.5. The molecule has 0 spiro atoms. The SMILES string of the molecule is CN[C@H]1CN(C(=O)c2cc(OC)c(OC)c(OC)c2)C[C@@H]1c1ccc(Cl)cc1. The second-order valence-corrected chi connectivity index (χ2v) is 7.11. The molecular formula is C21H25ClN2O4. The molecule has 1 fully saturated rings. The van der Waals surface area contributed by atoms with E-state index in [1.807, 2.05) is 36.2 Å². The number of hydrogen-bond donors (Lipinski definition) is 1. The molecule has 6 nitrogen and oxygen atoms in total. The Morgan fingerprint density at radius 1 is 1.04 bits per heavy atom. The van der Waals surface area contributed by atoms with E-state index in [1.54, 1.807) is 12.1 Å². The average Bonchev–Trinajstić information content (AvgIpc) is 3.16. The standard InChI is InChI=1S/C21H25ClN2O4/c1-23-17-12-24(11-16(17)13-5-7-15(22)8-6-13)21(25)14-9-18(26-2)20(28-4)19(10-14)27-3/h5-10,16-17,23H,11-12H2,1-4H3/t16-,17+/m1/s1. The number of likely N-dealkylation sites (N-methyl/N-ethyl adjacent to an activating group) is 1. The highest BCUT2D eigenvalue weighted by molar-refractivity contribution is 6.30. The quantitative estimate of drug-likeness (QED) is 0.801. The Labute approximate surface area is 170 Å². The minimum Gasteiger partial charge on any atom is -0.493 e. The van der Waals surface area contributed by atoms with Crippen molar-refractivity contribution < 1.29 is 19.0 Å². The first-order valence-electron chi connectivity index (χ1n) is 9.04. The van der Waals surface area contributed by atoms with Crippen LogP contribution in [-0.4, -0.2) is 58.3 Å². The van der Waals surface area contributed by atoms with Gasteiger partial charge in [0.2, 0.25) is 5.75 Å². The van der Waals surface area contributed by atoms with Gasteiger partial charge in [-0.25, -0.2) is 0 Å². The van der Waals surface area contributed by atoms with E-state index in [0.717, 1.165) is 5.56 Å². The largest absolute Gasteiger partial charge is 0.493 e. The summed E-state index contributed by atoms with van der Waals surface area (Å²) in [5, 5.41) is 4.03. The molecule has 7 heteroatoms. The molecule has 3 rings (SSSR count). The molecule has 2 aromatic carbocycles. The van der Waals surface area contributed by atoms with Crippen molar-refractivity contribution in [3.05, 3.63) is 52.5 Å². The molecule has 2 atom stereocenters. The van der Waals surface area contributed by atoms with E-state index in [-0.39, 0.29) is 17.9 Å². The Balaban J connectivity index is 1.87. The topological polar surface area (TPSA) is 60.0 Å². The second kappa shape index (κ2) is 8.71. The fraction of sp³-hybridized carbons (Fsp3) is 0.381. The van der Waals surface area contributed by atoms with Gasteiger partial charge in [-0.1, -0.05) is 23.7 Å². The number of hydrogen-bond acceptors (Lipinski definition) is 5. The van der Waals surface area contributed by atoms with Crippen LogP contribution in [-0.2, 0) is 0 Å². The number of carbonyl (C=O) groups is 1. The molecule has 0 aliphatic carbocycles. The number of nitrogens with zero attached hydrogens (tertiary/aromatic N) is 1. The molecule has 0 bridgehead atoms. The van der Waals surface area contributed by atoms with Crippen LogP contribution in [0.15, 0.2) is 36.4 Å². The maximum absolute atomic E-state index is 13.2. The van der Waals surface area contributed by atoms with Gasteiger partial charge in [0.25, 0.3) is 5.91 Å². The van der Waals surface area contributed by atoms with Crippen molar-refractivity contribution in [3.8, 4) is 17.2 Å². The zero-order valence-electron chi connectivity index (χ0n) is 16.5. The lowest BCUT2D eigenvalue weighted by Crippen LogP contribution is -2.34. The summed E-state index contributed by atoms with van der Waals surface area (Å²) in [5.74, 6) is 1.51. The number of halogens is 1. The summed E-state index contributed by atoms with van der Waals surface area (Å²) >= 11 is 6.02. The van der Waals surface area contributed by atoms with Gasteiger partial charge in [0, 0.05) is 35.6 Å². The van der Waals surface area contributed by atoms with Crippen LogP contribution < -0.4 is 19.5 Å². The third kappa shape index (κ3) is 3.88. The lowest BCUT2D eigenvalue weighted by Gasteiger charge is -2.19. The Morgan fingerprint density at radius 3 is 2.14 bits per heavy atom. The maximum Gasteiger partial charge on any atom is 0.254 e. The molecule has 28 heavy (non-hydrogen) atoms. The normalized spacial score (nSPS) is 18.8. The van der Waals surface area contributed by atoms with Crippen LogP contribution in [0.3, 0.4) is 0 Å². The zero-order valence-corrected chi connectivity index (χ0v) is 17.2. The van der Waals surface area contributed by atoms with E-state index in [1.165, 1.54) is 21.3 Å². The molecule has 2 aromatic rings. The fourth-order valence-electron chi connectivity index (χ4n) is 3.70. The number of carbonyl (C=O) groups excluding carboxylic acids is 1. The predicted molar refractivity (Wildman–Crippen MR) is 109 cm³/mol. The minimum atomic E-state index is -0.0732. The van der Waals surface area contributed by atoms with E-state index >= 15 is 0 Å². The van der Waals surface area contributed by atoms with Gasteiger partial charge in [0.1, 0.15) is 0 Å². The van der Waals surface area contributed by atoms with Crippen molar-refractivity contribution in [1.82, 2.24) is 10.2 Å². The van der Waals surface area contributed by atoms with Crippen LogP contribution in [0.2, 0.25) is 5.02 Å². The average molecular weight is 405 g/mol. The third-order valence-corrected chi connectivity index (χ3v) is 5.44. The first-order valence-corrected chi connectivity index (χ1v) is 9.42. The molecule has 1 heterocycles. The Bertz CT molecular complexity index is 816. The van der Waals surface area contributed by atoms with Crippen molar-refractivity contribution in [3.63, 3.8) is 0 Å². The van der Waals surface area contributed by atoms with Gasteiger partial charge in [-0.2, -0.15) is 0 Å². The van der Waals surface area contributed by atoms with Gasteiger partial charge in [-0.15, -0.1) is 0 Å². The minimum absolute atomic E-state index is 0.0732. The molecule has 1 N–H and O–H groups in total. The van der Waals surface area contributed by atoms with Gasteiger partial charge in [-0.3, -0.25) is 4.79 Å². The number of methoxy groups -OCH3 is 3. The highest BCUT2D eigenvalue weighted by Crippen LogP contribution is 2.39. The molecule has 0 aromatic heterocycles. The molecule has 0 unspecified atom stereocenters. The van der Waals surface area contributed by atoms with Crippen LogP contribution in [0.4, 0.5) is 0 Å². The monoisotopic (exact) mass is 404 g/mol. The van der Waals surface area contributed by atoms with Crippen LogP contribution in [0.5, 0.6) is 17.2 Å². The van der Waals surface area contributed by atoms with Gasteiger partial charge in [0.15, 0.2) is 11.5 Å². The highest BCUT2D eigenvalue weighted by atomic mass is 35.5. The van der Waals surface area contributed by atoms with Gasteiger partial charge in [-0.05, 0) is 36.9 Å². The van der Waals surface area contributed by atoms with Crippen LogP contribution in [0, 0.1) is 0 Å². The number of rotatable bonds is 6. The van der Waals surface area contributed by atoms with Crippen molar-refractivity contribution in [2.75, 3.05) is 41.5 Å². The summed E-state index contributed by atoms with van der Waals surface area (Å²) in [5.41, 5.74) is 1.66. The number of nitrogens with one attached hydrogen (secondary N) is 1. The maximum atomic E-state index is 13.2. The summed E-state index contributed by atoms with van der Waals surface area (Å²) in [4.78, 5) is 15.0. The molecule has 0 radical (unpaired) electrons. The molecule has 0 saturated carbocycles. The Hall–Kier alpha value is -2.44. The van der Waals surface area contributed by atoms with Crippen LogP contribution >= 0.6 is 11.6 Å². The number of amides is 1. The van der Waals surface area contributed by atoms with E-state index in [0.29, 0.717) is 40.9 Å². The second-order valence-electron chi connectivity index (χ2n) is 6.68. The highest BCUT2D eigenvalue weighted by Gasteiger charge is 2.36. The van der Waals surface area contributed by atoms with Crippen LogP contribution in [0.1, 0.15) is 21.8 Å². The van der Waals surface area contributed by atoms with E-state index in [4.69, 9.17) is 25.8 Å². The van der Waals surface area contributed by atoms with Gasteiger partial charge >= 0.3 is 0 Å². The van der Waals surface area contributed by atoms with Gasteiger partial charge < -0.3 is 24.4 Å². The predicted octanol–water partition coefficient (Wildman–Crippen LogP) is 3.19. The van der Waals surface area contributed by atoms with E-state index in [2.05, 4.69) is 5.32 Å². The van der Waals surface area contributed by atoms with E-state index < -0.39 is 0 Å². The summed E-state index contributed by atoms with van der Waals surface area (Å²) in [6.07, 6.45) is 0. The Kier molecular flexibility index (Phi) is 6.31. The number of likely N-dealkylation sites (tertiary alicyclic amines) is 1. The molecule has 1 saturated heterocycles. The summed E-state index contributed by atoms with van der Waals surface area (Å²) in [6.45, 7) is 1.22. The van der Waals surface area contributed by atoms with Gasteiger partial charge in [0.05, 0.1) is 21.3 Å². The summed E-state index contributed by atoms with van der Waals surface area (Å²) in [7, 11) is 6.53. The summed E-state index contributed by atoms with van der Waals surface area (Å²) in [6, 6.07) is 11.3. The Morgan fingerprint density at radius 2 is 1.64 bits per heavy atom. The van der Waals surface area contributed by atoms with Crippen molar-refractivity contribution in [1.29, 1.82) is 0 Å². The smallest absolute Gasteiger partial charge is 0.254 e. The first kappa shape index (κ1) is 20.3. The lowest BCUT2D eigenvalue weighted by molar-refractivity contribution is 0.0787. The lowest BCUT2D eigenvalue weighted by atomic mass is 9.94. The molecule has 1 aliphatic rings. The zero-order chi connectivity index (χ0) is 20.3. The third-order valence-electron chi connectivity index (χ3n) is 5.19. The van der Waals surface area contributed by atoms with Crippen molar-refractivity contribution >= 4 is 17.5 Å². The molecule has 1 amide bonds. The van der Waals surface area contributed by atoms with Crippen molar-refractivity contribution in [2.24, 2.45) is 0 Å². The number of ether oxygens (including phenoxy) is 3. The molecule has 150 valence electrons. The van der Waals surface area contributed by atoms with Crippen molar-refractivity contribution in [2.45, 2.75) is 12.0 Å². The van der Waals surface area contributed by atoms with Crippen LogP contribution in [0.25, 0.3) is 0 Å². The molecule has 1 aliphatic heterocycles.